The summed E-state index contributed by atoms with van der Waals surface area (Å²) in [6.07, 6.45) is -9.26. The number of halogens is 17. The van der Waals surface area contributed by atoms with Gasteiger partial charge < -0.3 is 4.74 Å². The molecule has 0 N–H and O–H groups in total. The molecule has 0 heterocycles. The summed E-state index contributed by atoms with van der Waals surface area (Å²) < 4.78 is 230. The summed E-state index contributed by atoms with van der Waals surface area (Å²) in [6, 6.07) is 0. The van der Waals surface area contributed by atoms with Crippen LogP contribution in [0.1, 0.15) is 20.3 Å². The van der Waals surface area contributed by atoms with Crippen LogP contribution < -0.4 is 0 Å². The number of carbonyl (C=O) groups is 1. The van der Waals surface area contributed by atoms with Gasteiger partial charge in [0.25, 0.3) is 0 Å². The summed E-state index contributed by atoms with van der Waals surface area (Å²) in [6.45, 7) is 2.27. The molecule has 0 fully saturated rings. The Labute approximate surface area is 184 Å². The van der Waals surface area contributed by atoms with E-state index >= 15 is 0 Å². The Bertz CT molecular complexity index is 796. The molecule has 2 nitrogen and oxygen atoms in total. The summed E-state index contributed by atoms with van der Waals surface area (Å²) in [5.74, 6) is -61.9. The van der Waals surface area contributed by atoms with E-state index in [1.54, 1.807) is 0 Å². The van der Waals surface area contributed by atoms with Crippen LogP contribution in [0.4, 0.5) is 74.6 Å². The normalized spacial score (nSPS) is 16.2. The molecule has 208 valence electrons. The van der Waals surface area contributed by atoms with Gasteiger partial charge in [0, 0.05) is 5.57 Å². The van der Waals surface area contributed by atoms with Crippen molar-refractivity contribution in [2.75, 3.05) is 6.61 Å². The molecule has 35 heavy (non-hydrogen) atoms. The Morgan fingerprint density at radius 1 is 0.657 bits per heavy atom. The lowest BCUT2D eigenvalue weighted by Gasteiger charge is -2.43. The Balaban J connectivity index is 6.67. The van der Waals surface area contributed by atoms with Gasteiger partial charge in [-0.15, -0.1) is 0 Å². The number of ether oxygens (including phenoxy) is 1. The van der Waals surface area contributed by atoms with Crippen LogP contribution in [0.3, 0.4) is 0 Å². The van der Waals surface area contributed by atoms with Crippen LogP contribution in [0.5, 0.6) is 0 Å². The molecule has 0 aromatic carbocycles. The first-order valence-electron chi connectivity index (χ1n) is 8.58. The van der Waals surface area contributed by atoms with Gasteiger partial charge in [-0.25, -0.2) is 4.79 Å². The van der Waals surface area contributed by atoms with E-state index < -0.39 is 78.1 Å². The number of carbonyl (C=O) groups excluding carboxylic acids is 1. The van der Waals surface area contributed by atoms with Crippen LogP contribution in [0.15, 0.2) is 12.2 Å². The molecule has 0 amide bonds. The standard InChI is InChI=1S/C16H13F17O2/c1-4-7(5-35-8(34)6(2)3)9(17,18)10(19,20)11(21,22)12(23,24)13(25,26)14(27,28)15(29,30)16(31,32)33/h7H,2,4-5H2,1,3H3. The fourth-order valence-corrected chi connectivity index (χ4v) is 2.21. The zero-order chi connectivity index (χ0) is 28.9. The first-order chi connectivity index (χ1) is 15.0. The molecule has 0 aromatic heterocycles. The molecule has 0 bridgehead atoms. The van der Waals surface area contributed by atoms with E-state index in [9.17, 15) is 79.4 Å². The smallest absolute Gasteiger partial charge is 0.460 e. The summed E-state index contributed by atoms with van der Waals surface area (Å²) in [7, 11) is 0. The Hall–Kier alpha value is -1.98. The van der Waals surface area contributed by atoms with Crippen LogP contribution in [-0.4, -0.2) is 60.2 Å². The van der Waals surface area contributed by atoms with Crippen LogP contribution in [0.25, 0.3) is 0 Å². The van der Waals surface area contributed by atoms with Gasteiger partial charge in [0.1, 0.15) is 6.61 Å². The van der Waals surface area contributed by atoms with Gasteiger partial charge in [-0.05, 0) is 13.3 Å². The third-order valence-corrected chi connectivity index (χ3v) is 4.52. The number of esters is 1. The first-order valence-corrected chi connectivity index (χ1v) is 8.58. The highest BCUT2D eigenvalue weighted by Gasteiger charge is 2.95. The lowest BCUT2D eigenvalue weighted by molar-refractivity contribution is -0.463. The van der Waals surface area contributed by atoms with Gasteiger partial charge in [-0.2, -0.15) is 74.6 Å². The third kappa shape index (κ3) is 4.74. The lowest BCUT2D eigenvalue weighted by Crippen LogP contribution is -2.75. The number of hydrogen-bond donors (Lipinski definition) is 0. The van der Waals surface area contributed by atoms with Crippen molar-refractivity contribution in [2.24, 2.45) is 5.92 Å². The molecule has 1 unspecified atom stereocenters. The fraction of sp³-hybridized carbons (Fsp3) is 0.812. The summed E-state index contributed by atoms with van der Waals surface area (Å²) >= 11 is 0. The van der Waals surface area contributed by atoms with Crippen molar-refractivity contribution in [3.63, 3.8) is 0 Å². The van der Waals surface area contributed by atoms with E-state index in [1.165, 1.54) is 0 Å². The van der Waals surface area contributed by atoms with E-state index in [0.29, 0.717) is 6.92 Å². The molecule has 0 aliphatic heterocycles. The average Bonchev–Trinajstić information content (AvgIpc) is 2.65. The number of rotatable bonds is 11. The molecule has 0 aliphatic rings. The highest BCUT2D eigenvalue weighted by atomic mass is 19.4. The molecule has 0 aromatic rings. The molecule has 1 atom stereocenters. The van der Waals surface area contributed by atoms with Crippen molar-refractivity contribution >= 4 is 5.97 Å². The van der Waals surface area contributed by atoms with Gasteiger partial charge in [0.15, 0.2) is 0 Å². The highest BCUT2D eigenvalue weighted by Crippen LogP contribution is 2.64. The monoisotopic (exact) mass is 560 g/mol. The van der Waals surface area contributed by atoms with Crippen LogP contribution in [-0.2, 0) is 9.53 Å². The molecule has 0 aliphatic carbocycles. The lowest BCUT2D eigenvalue weighted by atomic mass is 9.84. The van der Waals surface area contributed by atoms with Gasteiger partial charge in [0.2, 0.25) is 0 Å². The second-order valence-electron chi connectivity index (χ2n) is 7.05. The first kappa shape index (κ1) is 33.0. The van der Waals surface area contributed by atoms with Crippen molar-refractivity contribution in [2.45, 2.75) is 67.9 Å². The van der Waals surface area contributed by atoms with E-state index in [1.807, 2.05) is 0 Å². The second-order valence-corrected chi connectivity index (χ2v) is 7.05. The Kier molecular flexibility index (Phi) is 8.63. The molecular formula is C16H13F17O2. The van der Waals surface area contributed by atoms with E-state index in [4.69, 9.17) is 0 Å². The number of hydrogen-bond acceptors (Lipinski definition) is 2. The van der Waals surface area contributed by atoms with Crippen LogP contribution in [0, 0.1) is 5.92 Å². The molecular weight excluding hydrogens is 547 g/mol. The van der Waals surface area contributed by atoms with Crippen molar-refractivity contribution in [3.05, 3.63) is 12.2 Å². The minimum Gasteiger partial charge on any atom is -0.462 e. The second kappa shape index (κ2) is 9.15. The van der Waals surface area contributed by atoms with E-state index in [0.717, 1.165) is 6.92 Å². The number of alkyl halides is 17. The topological polar surface area (TPSA) is 26.3 Å². The van der Waals surface area contributed by atoms with Crippen LogP contribution >= 0.6 is 0 Å². The summed E-state index contributed by atoms with van der Waals surface area (Å²) in [4.78, 5) is 11.1. The molecule has 0 spiro atoms. The van der Waals surface area contributed by atoms with Gasteiger partial charge in [-0.1, -0.05) is 13.5 Å². The highest BCUT2D eigenvalue weighted by molar-refractivity contribution is 5.86. The Morgan fingerprint density at radius 2 is 0.971 bits per heavy atom. The van der Waals surface area contributed by atoms with Crippen molar-refractivity contribution in [1.29, 1.82) is 0 Å². The largest absolute Gasteiger partial charge is 0.462 e. The maximum atomic E-state index is 14.1. The summed E-state index contributed by atoms with van der Waals surface area (Å²) in [5, 5.41) is 0. The van der Waals surface area contributed by atoms with Crippen molar-refractivity contribution in [3.8, 4) is 0 Å². The predicted octanol–water partition coefficient (Wildman–Crippen LogP) is 7.14. The minimum atomic E-state index is -8.68. The van der Waals surface area contributed by atoms with E-state index in [2.05, 4.69) is 11.3 Å². The minimum absolute atomic E-state index is 0.478. The van der Waals surface area contributed by atoms with Crippen LogP contribution in [0.2, 0.25) is 0 Å². The van der Waals surface area contributed by atoms with Crippen molar-refractivity contribution < 1.29 is 84.2 Å². The third-order valence-electron chi connectivity index (χ3n) is 4.52. The summed E-state index contributed by atoms with van der Waals surface area (Å²) in [5.41, 5.74) is -0.584. The molecule has 0 radical (unpaired) electrons. The Morgan fingerprint density at radius 3 is 1.26 bits per heavy atom. The molecule has 19 heteroatoms. The average molecular weight is 560 g/mol. The van der Waals surface area contributed by atoms with Gasteiger partial charge >= 0.3 is 53.6 Å². The molecule has 0 rings (SSSR count). The predicted molar refractivity (Wildman–Crippen MR) is 80.2 cm³/mol. The zero-order valence-corrected chi connectivity index (χ0v) is 16.9. The quantitative estimate of drug-likeness (QED) is 0.153. The molecule has 0 saturated heterocycles. The zero-order valence-electron chi connectivity index (χ0n) is 16.9. The molecule has 0 saturated carbocycles. The van der Waals surface area contributed by atoms with Crippen molar-refractivity contribution in [1.82, 2.24) is 0 Å². The van der Waals surface area contributed by atoms with Gasteiger partial charge in [0.05, 0.1) is 5.92 Å². The maximum absolute atomic E-state index is 14.1. The maximum Gasteiger partial charge on any atom is 0.460 e. The van der Waals surface area contributed by atoms with Gasteiger partial charge in [-0.3, -0.25) is 0 Å². The van der Waals surface area contributed by atoms with E-state index in [-0.39, 0.29) is 0 Å². The fourth-order valence-electron chi connectivity index (χ4n) is 2.21. The SMILES string of the molecule is C=C(C)C(=O)OCC(CC)C(F)(F)C(F)(F)C(F)(F)C(F)(F)C(F)(F)C(F)(F)C(F)(F)C(F)(F)F.